The lowest BCUT2D eigenvalue weighted by molar-refractivity contribution is -0.112. The molecule has 0 radical (unpaired) electrons. The number of anilines is 1. The number of benzene rings is 2. The largest absolute Gasteiger partial charge is 0.497 e. The number of amides is 1. The highest BCUT2D eigenvalue weighted by atomic mass is 35.5. The Morgan fingerprint density at radius 3 is 2.44 bits per heavy atom. The number of nitrogens with zero attached hydrogens (tertiary/aromatic N) is 1. The average molecular weight is 379 g/mol. The van der Waals surface area contributed by atoms with Crippen LogP contribution in [0, 0.1) is 11.3 Å². The Morgan fingerprint density at radius 1 is 1.11 bits per heavy atom. The van der Waals surface area contributed by atoms with Crippen LogP contribution in [0.5, 0.6) is 5.75 Å². The number of nitriles is 1. The van der Waals surface area contributed by atoms with E-state index in [1.807, 2.05) is 18.2 Å². The standard InChI is InChI=1S/C21H15ClN2O3/c1-26-18-8-6-17(7-9-18)24-21(25)15(13-23)12-19-10-11-20(27-19)14-2-4-16(22)5-3-14/h2-12H,1H3,(H,24,25). The van der Waals surface area contributed by atoms with Crippen molar-refractivity contribution in [2.45, 2.75) is 0 Å². The van der Waals surface area contributed by atoms with Gasteiger partial charge in [-0.1, -0.05) is 11.6 Å². The van der Waals surface area contributed by atoms with E-state index in [-0.39, 0.29) is 5.57 Å². The van der Waals surface area contributed by atoms with Crippen LogP contribution in [0.4, 0.5) is 5.69 Å². The number of rotatable bonds is 5. The van der Waals surface area contributed by atoms with Gasteiger partial charge < -0.3 is 14.5 Å². The van der Waals surface area contributed by atoms with E-state index >= 15 is 0 Å². The third-order valence-electron chi connectivity index (χ3n) is 3.76. The summed E-state index contributed by atoms with van der Waals surface area (Å²) in [5.41, 5.74) is 1.34. The lowest BCUT2D eigenvalue weighted by Gasteiger charge is -2.05. The van der Waals surface area contributed by atoms with Crippen molar-refractivity contribution in [3.05, 3.63) is 77.0 Å². The molecule has 0 aliphatic rings. The van der Waals surface area contributed by atoms with Crippen LogP contribution < -0.4 is 10.1 Å². The predicted molar refractivity (Wildman–Crippen MR) is 104 cm³/mol. The summed E-state index contributed by atoms with van der Waals surface area (Å²) in [6.07, 6.45) is 1.40. The van der Waals surface area contributed by atoms with Crippen LogP contribution in [0.3, 0.4) is 0 Å². The van der Waals surface area contributed by atoms with Gasteiger partial charge in [0.25, 0.3) is 5.91 Å². The molecule has 0 aliphatic carbocycles. The van der Waals surface area contributed by atoms with E-state index in [1.54, 1.807) is 55.6 Å². The molecule has 1 heterocycles. The predicted octanol–water partition coefficient (Wildman–Crippen LogP) is 5.15. The Kier molecular flexibility index (Phi) is 5.60. The van der Waals surface area contributed by atoms with Gasteiger partial charge in [-0.05, 0) is 60.7 Å². The third kappa shape index (κ3) is 4.57. The normalized spacial score (nSPS) is 10.9. The van der Waals surface area contributed by atoms with Crippen LogP contribution >= 0.6 is 11.6 Å². The molecule has 0 atom stereocenters. The summed E-state index contributed by atoms with van der Waals surface area (Å²) in [5.74, 6) is 1.17. The maximum absolute atomic E-state index is 12.3. The van der Waals surface area contributed by atoms with Crippen molar-refractivity contribution < 1.29 is 13.9 Å². The number of hydrogen-bond donors (Lipinski definition) is 1. The minimum atomic E-state index is -0.521. The number of furan rings is 1. The molecule has 0 bridgehead atoms. The van der Waals surface area contributed by atoms with Crippen LogP contribution in [0.15, 0.2) is 70.7 Å². The van der Waals surface area contributed by atoms with Crippen LogP contribution in [0.25, 0.3) is 17.4 Å². The number of carbonyl (C=O) groups is 1. The molecule has 0 unspecified atom stereocenters. The quantitative estimate of drug-likeness (QED) is 0.491. The van der Waals surface area contributed by atoms with Gasteiger partial charge in [0, 0.05) is 22.3 Å². The summed E-state index contributed by atoms with van der Waals surface area (Å²) in [7, 11) is 1.56. The zero-order valence-corrected chi connectivity index (χ0v) is 15.2. The van der Waals surface area contributed by atoms with Gasteiger partial charge in [-0.25, -0.2) is 0 Å². The van der Waals surface area contributed by atoms with E-state index in [0.29, 0.717) is 28.0 Å². The second-order valence-corrected chi connectivity index (χ2v) is 6.00. The van der Waals surface area contributed by atoms with Crippen LogP contribution in [-0.4, -0.2) is 13.0 Å². The first kappa shape index (κ1) is 18.3. The molecule has 6 heteroatoms. The van der Waals surface area contributed by atoms with E-state index in [1.165, 1.54) is 6.08 Å². The molecule has 2 aromatic carbocycles. The first-order valence-electron chi connectivity index (χ1n) is 8.02. The van der Waals surface area contributed by atoms with Crippen molar-refractivity contribution in [2.75, 3.05) is 12.4 Å². The van der Waals surface area contributed by atoms with Crippen molar-refractivity contribution in [3.8, 4) is 23.1 Å². The number of hydrogen-bond acceptors (Lipinski definition) is 4. The monoisotopic (exact) mass is 378 g/mol. The SMILES string of the molecule is COc1ccc(NC(=O)C(C#N)=Cc2ccc(-c3ccc(Cl)cc3)o2)cc1. The van der Waals surface area contributed by atoms with Crippen molar-refractivity contribution in [3.63, 3.8) is 0 Å². The van der Waals surface area contributed by atoms with Crippen LogP contribution in [-0.2, 0) is 4.79 Å². The fourth-order valence-corrected chi connectivity index (χ4v) is 2.49. The molecule has 0 saturated heterocycles. The zero-order valence-electron chi connectivity index (χ0n) is 14.4. The van der Waals surface area contributed by atoms with Crippen LogP contribution in [0.1, 0.15) is 5.76 Å². The Bertz CT molecular complexity index is 1010. The number of carbonyl (C=O) groups excluding carboxylic acids is 1. The Hall–Kier alpha value is -3.49. The van der Waals surface area contributed by atoms with E-state index in [2.05, 4.69) is 5.32 Å². The summed E-state index contributed by atoms with van der Waals surface area (Å²) < 4.78 is 10.8. The van der Waals surface area contributed by atoms with Gasteiger partial charge in [0.05, 0.1) is 7.11 Å². The molecule has 3 rings (SSSR count). The van der Waals surface area contributed by atoms with Crippen molar-refractivity contribution in [1.82, 2.24) is 0 Å². The first-order chi connectivity index (χ1) is 13.1. The molecular formula is C21H15ClN2O3. The molecule has 1 N–H and O–H groups in total. The number of halogens is 1. The highest BCUT2D eigenvalue weighted by molar-refractivity contribution is 6.30. The fourth-order valence-electron chi connectivity index (χ4n) is 2.36. The molecular weight excluding hydrogens is 364 g/mol. The maximum atomic E-state index is 12.3. The molecule has 5 nitrogen and oxygen atoms in total. The molecule has 0 fully saturated rings. The molecule has 27 heavy (non-hydrogen) atoms. The van der Waals surface area contributed by atoms with Crippen molar-refractivity contribution in [2.24, 2.45) is 0 Å². The molecule has 1 aromatic heterocycles. The minimum Gasteiger partial charge on any atom is -0.497 e. The fraction of sp³-hybridized carbons (Fsp3) is 0.0476. The molecule has 3 aromatic rings. The Balaban J connectivity index is 1.76. The van der Waals surface area contributed by atoms with Gasteiger partial charge in [0.1, 0.15) is 28.9 Å². The summed E-state index contributed by atoms with van der Waals surface area (Å²) in [4.78, 5) is 12.3. The smallest absolute Gasteiger partial charge is 0.266 e. The van der Waals surface area contributed by atoms with E-state index in [4.69, 9.17) is 20.8 Å². The highest BCUT2D eigenvalue weighted by Crippen LogP contribution is 2.25. The van der Waals surface area contributed by atoms with Crippen LogP contribution in [0.2, 0.25) is 5.02 Å². The summed E-state index contributed by atoms with van der Waals surface area (Å²) >= 11 is 5.88. The van der Waals surface area contributed by atoms with Gasteiger partial charge in [-0.3, -0.25) is 4.79 Å². The molecule has 0 spiro atoms. The maximum Gasteiger partial charge on any atom is 0.266 e. The van der Waals surface area contributed by atoms with Gasteiger partial charge in [0.15, 0.2) is 0 Å². The second-order valence-electron chi connectivity index (χ2n) is 5.56. The van der Waals surface area contributed by atoms with Crippen molar-refractivity contribution >= 4 is 29.3 Å². The lowest BCUT2D eigenvalue weighted by Crippen LogP contribution is -2.13. The number of nitrogens with one attached hydrogen (secondary N) is 1. The van der Waals surface area contributed by atoms with Gasteiger partial charge in [-0.15, -0.1) is 0 Å². The molecule has 134 valence electrons. The van der Waals surface area contributed by atoms with E-state index < -0.39 is 5.91 Å². The first-order valence-corrected chi connectivity index (χ1v) is 8.40. The lowest BCUT2D eigenvalue weighted by atomic mass is 10.2. The summed E-state index contributed by atoms with van der Waals surface area (Å²) in [5, 5.41) is 12.6. The number of methoxy groups -OCH3 is 1. The van der Waals surface area contributed by atoms with Crippen molar-refractivity contribution in [1.29, 1.82) is 5.26 Å². The summed E-state index contributed by atoms with van der Waals surface area (Å²) in [6.45, 7) is 0. The Labute approximate surface area is 161 Å². The molecule has 0 aliphatic heterocycles. The molecule has 1 amide bonds. The minimum absolute atomic E-state index is 0.0668. The molecule has 0 saturated carbocycles. The average Bonchev–Trinajstić information content (AvgIpc) is 3.16. The summed E-state index contributed by atoms with van der Waals surface area (Å²) in [6, 6.07) is 19.4. The van der Waals surface area contributed by atoms with Gasteiger partial charge >= 0.3 is 0 Å². The van der Waals surface area contributed by atoms with E-state index in [9.17, 15) is 10.1 Å². The topological polar surface area (TPSA) is 75.3 Å². The zero-order chi connectivity index (χ0) is 19.2. The second kappa shape index (κ2) is 8.26. The van der Waals surface area contributed by atoms with E-state index in [0.717, 1.165) is 5.56 Å². The van der Waals surface area contributed by atoms with Gasteiger partial charge in [-0.2, -0.15) is 5.26 Å². The Morgan fingerprint density at radius 2 is 1.81 bits per heavy atom. The van der Waals surface area contributed by atoms with Gasteiger partial charge in [0.2, 0.25) is 0 Å². The third-order valence-corrected chi connectivity index (χ3v) is 4.01. The number of ether oxygens (including phenoxy) is 1. The highest BCUT2D eigenvalue weighted by Gasteiger charge is 2.11.